The van der Waals surface area contributed by atoms with Crippen molar-refractivity contribution in [2.24, 2.45) is 0 Å². The Morgan fingerprint density at radius 3 is 2.82 bits per heavy atom. The predicted octanol–water partition coefficient (Wildman–Crippen LogP) is 3.89. The molecule has 0 bridgehead atoms. The number of hydrogen-bond donors (Lipinski definition) is 1. The Morgan fingerprint density at radius 1 is 1.29 bits per heavy atom. The molecular weight excluding hydrogens is 320 g/mol. The molecule has 0 fully saturated rings. The van der Waals surface area contributed by atoms with Crippen LogP contribution in [0.3, 0.4) is 0 Å². The third-order valence-corrected chi connectivity index (χ3v) is 4.03. The fourth-order valence-electron chi connectivity index (χ4n) is 1.43. The first-order chi connectivity index (χ1) is 8.24. The molecule has 0 saturated carbocycles. The van der Waals surface area contributed by atoms with Crippen molar-refractivity contribution in [1.29, 1.82) is 0 Å². The van der Waals surface area contributed by atoms with Gasteiger partial charge in [-0.2, -0.15) is 0 Å². The average Bonchev–Trinajstić information content (AvgIpc) is 2.73. The van der Waals surface area contributed by atoms with E-state index in [1.807, 2.05) is 24.4 Å². The van der Waals surface area contributed by atoms with Gasteiger partial charge in [0.1, 0.15) is 0 Å². The fourth-order valence-corrected chi connectivity index (χ4v) is 2.75. The number of nitrogens with zero attached hydrogens (tertiary/aromatic N) is 1. The lowest BCUT2D eigenvalue weighted by Gasteiger charge is -2.03. The van der Waals surface area contributed by atoms with Crippen molar-refractivity contribution in [3.05, 3.63) is 49.8 Å². The molecule has 1 N–H and O–H groups in total. The van der Waals surface area contributed by atoms with Gasteiger partial charge in [0.05, 0.1) is 10.0 Å². The molecule has 90 valence electrons. The fraction of sp³-hybridized carbons (Fsp3) is 0.250. The van der Waals surface area contributed by atoms with Crippen LogP contribution in [0, 0.1) is 0 Å². The molecular formula is C12H12BrClN2S. The maximum absolute atomic E-state index is 5.87. The summed E-state index contributed by atoms with van der Waals surface area (Å²) in [6, 6.07) is 8.03. The molecule has 0 aliphatic carbocycles. The Hall–Kier alpha value is -0.420. The van der Waals surface area contributed by atoms with Crippen molar-refractivity contribution in [3.8, 4) is 0 Å². The number of thiophene rings is 1. The number of nitrogens with one attached hydrogen (secondary N) is 1. The average molecular weight is 332 g/mol. The van der Waals surface area contributed by atoms with E-state index in [4.69, 9.17) is 11.6 Å². The predicted molar refractivity (Wildman–Crippen MR) is 76.7 cm³/mol. The van der Waals surface area contributed by atoms with Gasteiger partial charge in [-0.25, -0.2) is 0 Å². The summed E-state index contributed by atoms with van der Waals surface area (Å²) in [6.07, 6.45) is 2.82. The van der Waals surface area contributed by atoms with Crippen LogP contribution in [0.1, 0.15) is 10.6 Å². The first-order valence-corrected chi connectivity index (χ1v) is 7.28. The molecule has 0 aliphatic rings. The van der Waals surface area contributed by atoms with Gasteiger partial charge in [0, 0.05) is 28.6 Å². The second kappa shape index (κ2) is 6.50. The van der Waals surface area contributed by atoms with Crippen LogP contribution in [-0.2, 0) is 13.0 Å². The summed E-state index contributed by atoms with van der Waals surface area (Å²) in [4.78, 5) is 5.61. The van der Waals surface area contributed by atoms with E-state index < -0.39 is 0 Å². The molecule has 2 aromatic rings. The van der Waals surface area contributed by atoms with Crippen molar-refractivity contribution in [1.82, 2.24) is 10.3 Å². The largest absolute Gasteiger partial charge is 0.311 e. The molecule has 17 heavy (non-hydrogen) atoms. The third kappa shape index (κ3) is 4.39. The number of aromatic nitrogens is 1. The van der Waals surface area contributed by atoms with Crippen LogP contribution in [0.15, 0.2) is 34.9 Å². The first-order valence-electron chi connectivity index (χ1n) is 5.29. The van der Waals surface area contributed by atoms with Crippen molar-refractivity contribution in [2.75, 3.05) is 6.54 Å². The Morgan fingerprint density at radius 2 is 2.18 bits per heavy atom. The second-order valence-electron chi connectivity index (χ2n) is 3.60. The highest BCUT2D eigenvalue weighted by atomic mass is 79.9. The standard InChI is InChI=1S/C12H12BrClN2S/c13-9-1-2-10(16-7-9)8-15-6-5-11-3-4-12(14)17-11/h1-4,7,15H,5-6,8H2. The molecule has 2 heterocycles. The molecule has 0 aliphatic heterocycles. The third-order valence-electron chi connectivity index (χ3n) is 2.27. The molecule has 0 spiro atoms. The van der Waals surface area contributed by atoms with Crippen molar-refractivity contribution in [3.63, 3.8) is 0 Å². The van der Waals surface area contributed by atoms with Crippen LogP contribution in [-0.4, -0.2) is 11.5 Å². The highest BCUT2D eigenvalue weighted by molar-refractivity contribution is 9.10. The number of rotatable bonds is 5. The number of hydrogen-bond acceptors (Lipinski definition) is 3. The van der Waals surface area contributed by atoms with Gasteiger partial charge < -0.3 is 5.32 Å². The molecule has 0 radical (unpaired) electrons. The summed E-state index contributed by atoms with van der Waals surface area (Å²) in [6.45, 7) is 1.74. The van der Waals surface area contributed by atoms with Crippen LogP contribution >= 0.6 is 38.9 Å². The van der Waals surface area contributed by atoms with Crippen LogP contribution in [0.2, 0.25) is 4.34 Å². The molecule has 0 atom stereocenters. The van der Waals surface area contributed by atoms with E-state index in [2.05, 4.69) is 32.3 Å². The summed E-state index contributed by atoms with van der Waals surface area (Å²) in [5.74, 6) is 0. The normalized spacial score (nSPS) is 10.7. The molecule has 0 saturated heterocycles. The summed E-state index contributed by atoms with van der Waals surface area (Å²) >= 11 is 10.9. The van der Waals surface area contributed by atoms with Crippen LogP contribution < -0.4 is 5.32 Å². The monoisotopic (exact) mass is 330 g/mol. The van der Waals surface area contributed by atoms with Gasteiger partial charge in [0.15, 0.2) is 0 Å². The van der Waals surface area contributed by atoms with Crippen LogP contribution in [0.4, 0.5) is 0 Å². The highest BCUT2D eigenvalue weighted by Gasteiger charge is 1.98. The highest BCUT2D eigenvalue weighted by Crippen LogP contribution is 2.21. The topological polar surface area (TPSA) is 24.9 Å². The smallest absolute Gasteiger partial charge is 0.0931 e. The van der Waals surface area contributed by atoms with E-state index in [-0.39, 0.29) is 0 Å². The SMILES string of the molecule is Clc1ccc(CCNCc2ccc(Br)cn2)s1. The lowest BCUT2D eigenvalue weighted by molar-refractivity contribution is 0.678. The van der Waals surface area contributed by atoms with Gasteiger partial charge in [-0.1, -0.05) is 11.6 Å². The minimum atomic E-state index is 0.798. The second-order valence-corrected chi connectivity index (χ2v) is 6.32. The molecule has 2 aromatic heterocycles. The van der Waals surface area contributed by atoms with E-state index in [0.717, 1.165) is 34.0 Å². The quantitative estimate of drug-likeness (QED) is 0.841. The zero-order valence-electron chi connectivity index (χ0n) is 9.12. The summed E-state index contributed by atoms with van der Waals surface area (Å²) in [7, 11) is 0. The maximum atomic E-state index is 5.87. The van der Waals surface area contributed by atoms with Gasteiger partial charge in [-0.15, -0.1) is 11.3 Å². The molecule has 2 nitrogen and oxygen atoms in total. The molecule has 0 unspecified atom stereocenters. The van der Waals surface area contributed by atoms with Gasteiger partial charge >= 0.3 is 0 Å². The van der Waals surface area contributed by atoms with E-state index in [0.29, 0.717) is 0 Å². The zero-order chi connectivity index (χ0) is 12.1. The molecule has 0 aromatic carbocycles. The van der Waals surface area contributed by atoms with Crippen molar-refractivity contribution in [2.45, 2.75) is 13.0 Å². The van der Waals surface area contributed by atoms with E-state index in [1.54, 1.807) is 11.3 Å². The Labute approximate surface area is 118 Å². The first kappa shape index (κ1) is 13.0. The lowest BCUT2D eigenvalue weighted by Crippen LogP contribution is -2.16. The number of halogens is 2. The minimum absolute atomic E-state index is 0.798. The van der Waals surface area contributed by atoms with Crippen LogP contribution in [0.25, 0.3) is 0 Å². The molecule has 2 rings (SSSR count). The summed E-state index contributed by atoms with van der Waals surface area (Å²) in [5.41, 5.74) is 1.05. The molecule has 5 heteroatoms. The van der Waals surface area contributed by atoms with Crippen LogP contribution in [0.5, 0.6) is 0 Å². The van der Waals surface area contributed by atoms with E-state index in [9.17, 15) is 0 Å². The van der Waals surface area contributed by atoms with E-state index in [1.165, 1.54) is 4.88 Å². The van der Waals surface area contributed by atoms with Gasteiger partial charge in [-0.05, 0) is 46.6 Å². The Bertz CT molecular complexity index is 470. The number of pyridine rings is 1. The van der Waals surface area contributed by atoms with Crippen molar-refractivity contribution < 1.29 is 0 Å². The van der Waals surface area contributed by atoms with Gasteiger partial charge in [0.25, 0.3) is 0 Å². The van der Waals surface area contributed by atoms with Gasteiger partial charge in [0.2, 0.25) is 0 Å². The Balaban J connectivity index is 1.71. The summed E-state index contributed by atoms with van der Waals surface area (Å²) in [5, 5.41) is 3.36. The zero-order valence-corrected chi connectivity index (χ0v) is 12.3. The Kier molecular flexibility index (Phi) is 4.98. The molecule has 0 amide bonds. The maximum Gasteiger partial charge on any atom is 0.0931 e. The lowest BCUT2D eigenvalue weighted by atomic mass is 10.3. The minimum Gasteiger partial charge on any atom is -0.311 e. The van der Waals surface area contributed by atoms with Crippen molar-refractivity contribution >= 4 is 38.9 Å². The summed E-state index contributed by atoms with van der Waals surface area (Å²) < 4.78 is 1.86. The van der Waals surface area contributed by atoms with E-state index >= 15 is 0 Å². The van der Waals surface area contributed by atoms with Gasteiger partial charge in [-0.3, -0.25) is 4.98 Å².